The van der Waals surface area contributed by atoms with Gasteiger partial charge in [0, 0.05) is 25.8 Å². The zero-order chi connectivity index (χ0) is 10.9. The molecule has 84 valence electrons. The van der Waals surface area contributed by atoms with E-state index in [4.69, 9.17) is 4.74 Å². The van der Waals surface area contributed by atoms with Crippen molar-refractivity contribution in [1.29, 1.82) is 0 Å². The summed E-state index contributed by atoms with van der Waals surface area (Å²) in [5, 5.41) is 0. The van der Waals surface area contributed by atoms with Crippen LogP contribution in [0.3, 0.4) is 0 Å². The number of ether oxygens (including phenoxy) is 1. The van der Waals surface area contributed by atoms with E-state index >= 15 is 0 Å². The monoisotopic (exact) mass is 209 g/mol. The summed E-state index contributed by atoms with van der Waals surface area (Å²) in [5.41, 5.74) is 0.316. The molecule has 1 amide bonds. The molecule has 0 radical (unpaired) electrons. The van der Waals surface area contributed by atoms with Crippen LogP contribution in [0.1, 0.15) is 26.2 Å². The topological polar surface area (TPSA) is 29.5 Å². The summed E-state index contributed by atoms with van der Waals surface area (Å²) < 4.78 is 5.40. The molecule has 0 aromatic rings. The number of rotatable bonds is 1. The first-order valence-corrected chi connectivity index (χ1v) is 5.70. The molecule has 15 heavy (non-hydrogen) atoms. The highest BCUT2D eigenvalue weighted by Crippen LogP contribution is 2.44. The van der Waals surface area contributed by atoms with Crippen LogP contribution in [0.25, 0.3) is 0 Å². The highest BCUT2D eigenvalue weighted by molar-refractivity contribution is 5.87. The second-order valence-corrected chi connectivity index (χ2v) is 4.64. The van der Waals surface area contributed by atoms with Crippen LogP contribution >= 0.6 is 0 Å². The van der Waals surface area contributed by atoms with Crippen LogP contribution in [-0.4, -0.2) is 36.6 Å². The van der Waals surface area contributed by atoms with E-state index in [2.05, 4.69) is 13.5 Å². The molecule has 2 saturated heterocycles. The van der Waals surface area contributed by atoms with Gasteiger partial charge >= 0.3 is 0 Å². The lowest BCUT2D eigenvalue weighted by Gasteiger charge is -2.38. The maximum absolute atomic E-state index is 11.6. The average Bonchev–Trinajstić information content (AvgIpc) is 2.58. The van der Waals surface area contributed by atoms with Gasteiger partial charge in [-0.05, 0) is 37.7 Å². The predicted octanol–water partition coefficient (Wildman–Crippen LogP) is 1.59. The molecule has 0 aromatic carbocycles. The van der Waals surface area contributed by atoms with Gasteiger partial charge in [0.1, 0.15) is 0 Å². The molecule has 0 bridgehead atoms. The highest BCUT2D eigenvalue weighted by atomic mass is 16.5. The zero-order valence-electron chi connectivity index (χ0n) is 9.37. The summed E-state index contributed by atoms with van der Waals surface area (Å²) in [6.45, 7) is 8.30. The maximum Gasteiger partial charge on any atom is 0.246 e. The smallest absolute Gasteiger partial charge is 0.246 e. The van der Waals surface area contributed by atoms with Gasteiger partial charge in [-0.1, -0.05) is 6.58 Å². The van der Waals surface area contributed by atoms with E-state index in [9.17, 15) is 4.79 Å². The lowest BCUT2D eigenvalue weighted by Crippen LogP contribution is -2.42. The standard InChI is InChI=1S/C12H19NO2/c1-3-11(14)13-7-4-12(10(13)2)5-8-15-9-6-12/h3,10H,1,4-9H2,2H3. The Morgan fingerprint density at radius 1 is 1.47 bits per heavy atom. The summed E-state index contributed by atoms with van der Waals surface area (Å²) in [5.74, 6) is 0.0749. The van der Waals surface area contributed by atoms with Gasteiger partial charge in [0.2, 0.25) is 5.91 Å². The molecule has 1 atom stereocenters. The Bertz CT molecular complexity index is 269. The maximum atomic E-state index is 11.6. The van der Waals surface area contributed by atoms with Crippen LogP contribution < -0.4 is 0 Å². The van der Waals surface area contributed by atoms with Crippen molar-refractivity contribution in [3.8, 4) is 0 Å². The van der Waals surface area contributed by atoms with Crippen molar-refractivity contribution in [2.75, 3.05) is 19.8 Å². The van der Waals surface area contributed by atoms with E-state index < -0.39 is 0 Å². The molecule has 2 aliphatic rings. The van der Waals surface area contributed by atoms with Crippen LogP contribution in [0.4, 0.5) is 0 Å². The normalized spacial score (nSPS) is 29.4. The third-order valence-corrected chi connectivity index (χ3v) is 4.15. The van der Waals surface area contributed by atoms with Crippen molar-refractivity contribution in [2.45, 2.75) is 32.2 Å². The van der Waals surface area contributed by atoms with Crippen LogP contribution in [0.2, 0.25) is 0 Å². The second kappa shape index (κ2) is 3.97. The van der Waals surface area contributed by atoms with Crippen LogP contribution in [0.5, 0.6) is 0 Å². The van der Waals surface area contributed by atoms with Gasteiger partial charge in [0.25, 0.3) is 0 Å². The van der Waals surface area contributed by atoms with Crippen molar-refractivity contribution >= 4 is 5.91 Å². The van der Waals surface area contributed by atoms with Gasteiger partial charge in [-0.25, -0.2) is 0 Å². The number of carbonyl (C=O) groups is 1. The largest absolute Gasteiger partial charge is 0.381 e. The third-order valence-electron chi connectivity index (χ3n) is 4.15. The van der Waals surface area contributed by atoms with Gasteiger partial charge < -0.3 is 9.64 Å². The molecule has 1 unspecified atom stereocenters. The molecule has 3 nitrogen and oxygen atoms in total. The minimum absolute atomic E-state index is 0.0749. The SMILES string of the molecule is C=CC(=O)N1CCC2(CCOCC2)C1C. The lowest BCUT2D eigenvalue weighted by molar-refractivity contribution is -0.128. The molecule has 1 spiro atoms. The summed E-state index contributed by atoms with van der Waals surface area (Å²) in [7, 11) is 0. The highest BCUT2D eigenvalue weighted by Gasteiger charge is 2.46. The minimum atomic E-state index is 0.0749. The molecule has 2 heterocycles. The van der Waals surface area contributed by atoms with E-state index in [1.54, 1.807) is 0 Å². The Labute approximate surface area is 91.1 Å². The number of likely N-dealkylation sites (tertiary alicyclic amines) is 1. The zero-order valence-corrected chi connectivity index (χ0v) is 9.37. The van der Waals surface area contributed by atoms with Crippen molar-refractivity contribution in [2.24, 2.45) is 5.41 Å². The van der Waals surface area contributed by atoms with E-state index in [0.29, 0.717) is 11.5 Å². The van der Waals surface area contributed by atoms with E-state index in [1.165, 1.54) is 6.08 Å². The molecule has 0 N–H and O–H groups in total. The summed E-state index contributed by atoms with van der Waals surface area (Å²) in [6, 6.07) is 0.340. The van der Waals surface area contributed by atoms with Crippen LogP contribution in [0, 0.1) is 5.41 Å². The first-order chi connectivity index (χ1) is 7.19. The Hall–Kier alpha value is -0.830. The van der Waals surface area contributed by atoms with Gasteiger partial charge in [0.15, 0.2) is 0 Å². The van der Waals surface area contributed by atoms with Gasteiger partial charge in [-0.2, -0.15) is 0 Å². The Balaban J connectivity index is 2.11. The molecule has 3 heteroatoms. The molecule has 0 aliphatic carbocycles. The molecule has 2 rings (SSSR count). The van der Waals surface area contributed by atoms with Gasteiger partial charge in [-0.3, -0.25) is 4.79 Å². The lowest BCUT2D eigenvalue weighted by atomic mass is 9.74. The number of amides is 1. The Morgan fingerprint density at radius 2 is 2.13 bits per heavy atom. The first-order valence-electron chi connectivity index (χ1n) is 5.70. The molecule has 2 aliphatic heterocycles. The number of hydrogen-bond acceptors (Lipinski definition) is 2. The van der Waals surface area contributed by atoms with E-state index in [1.807, 2.05) is 4.90 Å². The Kier molecular flexibility index (Phi) is 2.83. The quantitative estimate of drug-likeness (QED) is 0.614. The van der Waals surface area contributed by atoms with Gasteiger partial charge in [0.05, 0.1) is 0 Å². The number of nitrogens with zero attached hydrogens (tertiary/aromatic N) is 1. The van der Waals surface area contributed by atoms with Crippen LogP contribution in [0.15, 0.2) is 12.7 Å². The predicted molar refractivity (Wildman–Crippen MR) is 58.5 cm³/mol. The number of hydrogen-bond donors (Lipinski definition) is 0. The number of carbonyl (C=O) groups excluding carboxylic acids is 1. The minimum Gasteiger partial charge on any atom is -0.381 e. The summed E-state index contributed by atoms with van der Waals surface area (Å²) in [6.07, 6.45) is 4.73. The molecule has 2 fully saturated rings. The first kappa shape index (κ1) is 10.7. The fourth-order valence-corrected chi connectivity index (χ4v) is 2.94. The molecule has 0 aromatic heterocycles. The summed E-state index contributed by atoms with van der Waals surface area (Å²) in [4.78, 5) is 13.6. The Morgan fingerprint density at radius 3 is 2.73 bits per heavy atom. The van der Waals surface area contributed by atoms with Gasteiger partial charge in [-0.15, -0.1) is 0 Å². The van der Waals surface area contributed by atoms with Crippen molar-refractivity contribution in [3.05, 3.63) is 12.7 Å². The van der Waals surface area contributed by atoms with Crippen molar-refractivity contribution < 1.29 is 9.53 Å². The van der Waals surface area contributed by atoms with Crippen molar-refractivity contribution in [3.63, 3.8) is 0 Å². The second-order valence-electron chi connectivity index (χ2n) is 4.64. The molecular formula is C12H19NO2. The molecular weight excluding hydrogens is 190 g/mol. The van der Waals surface area contributed by atoms with Crippen LogP contribution in [-0.2, 0) is 9.53 Å². The summed E-state index contributed by atoms with van der Waals surface area (Å²) >= 11 is 0. The van der Waals surface area contributed by atoms with E-state index in [0.717, 1.165) is 39.0 Å². The van der Waals surface area contributed by atoms with Crippen molar-refractivity contribution in [1.82, 2.24) is 4.90 Å². The fourth-order valence-electron chi connectivity index (χ4n) is 2.94. The average molecular weight is 209 g/mol. The molecule has 0 saturated carbocycles. The third kappa shape index (κ3) is 1.69. The van der Waals surface area contributed by atoms with E-state index in [-0.39, 0.29) is 5.91 Å². The fraction of sp³-hybridized carbons (Fsp3) is 0.750.